The van der Waals surface area contributed by atoms with Crippen molar-refractivity contribution in [3.05, 3.63) is 0 Å². The summed E-state index contributed by atoms with van der Waals surface area (Å²) in [4.78, 5) is 105. The van der Waals surface area contributed by atoms with Crippen molar-refractivity contribution in [2.24, 2.45) is 34.0 Å². The molecule has 53 heavy (non-hydrogen) atoms. The van der Waals surface area contributed by atoms with Crippen LogP contribution in [-0.4, -0.2) is 137 Å². The fourth-order valence-corrected chi connectivity index (χ4v) is 4.52. The van der Waals surface area contributed by atoms with Gasteiger partial charge in [0.15, 0.2) is 5.96 Å². The van der Waals surface area contributed by atoms with Gasteiger partial charge in [-0.3, -0.25) is 38.6 Å². The highest BCUT2D eigenvalue weighted by molar-refractivity contribution is 5.97. The molecule has 0 aromatic carbocycles. The molecule has 22 nitrogen and oxygen atoms in total. The summed E-state index contributed by atoms with van der Waals surface area (Å²) in [5, 5.41) is 45.0. The minimum absolute atomic E-state index is 0.0157. The molecule has 0 aliphatic heterocycles. The molecular formula is C31H57N11O11. The number of nitrogens with one attached hydrogen (secondary N) is 7. The lowest BCUT2D eigenvalue weighted by atomic mass is 9.99. The van der Waals surface area contributed by atoms with Crippen LogP contribution in [0.1, 0.15) is 60.8 Å². The lowest BCUT2D eigenvalue weighted by molar-refractivity contribution is -0.143. The van der Waals surface area contributed by atoms with E-state index in [1.165, 1.54) is 13.8 Å². The number of carbonyl (C=O) groups excluding carboxylic acids is 7. The summed E-state index contributed by atoms with van der Waals surface area (Å²) < 4.78 is 0. The number of aliphatic hydroxyl groups excluding tert-OH is 2. The first-order valence-corrected chi connectivity index (χ1v) is 17.0. The third-order valence-corrected chi connectivity index (χ3v) is 7.49. The van der Waals surface area contributed by atoms with Crippen LogP contribution in [-0.2, 0) is 38.4 Å². The van der Waals surface area contributed by atoms with Gasteiger partial charge in [-0.15, -0.1) is 0 Å². The number of nitrogens with zero attached hydrogens (tertiary/aromatic N) is 1. The van der Waals surface area contributed by atoms with E-state index in [2.05, 4.69) is 42.2 Å². The van der Waals surface area contributed by atoms with Crippen molar-refractivity contribution in [2.75, 3.05) is 26.3 Å². The van der Waals surface area contributed by atoms with E-state index in [1.54, 1.807) is 27.7 Å². The summed E-state index contributed by atoms with van der Waals surface area (Å²) in [6.45, 7) is 7.25. The number of carbonyl (C=O) groups is 8. The molecule has 0 rings (SSSR count). The SMILES string of the molecule is CC(C)CC(NC(=O)C(NC(=O)C(CO)NC(=O)C(C)NC(=O)C(CCCN=C(N)N)NC(=O)C(C)NC(=O)CN)C(C)C)C(=O)NC(CO)C(=O)O. The molecule has 7 amide bonds. The van der Waals surface area contributed by atoms with E-state index in [0.29, 0.717) is 0 Å². The molecule has 0 saturated carbocycles. The van der Waals surface area contributed by atoms with Crippen molar-refractivity contribution in [1.82, 2.24) is 37.2 Å². The van der Waals surface area contributed by atoms with E-state index in [-0.39, 0.29) is 44.2 Å². The van der Waals surface area contributed by atoms with E-state index in [9.17, 15) is 53.7 Å². The van der Waals surface area contributed by atoms with E-state index >= 15 is 0 Å². The van der Waals surface area contributed by atoms with Gasteiger partial charge in [0, 0.05) is 6.54 Å². The third-order valence-electron chi connectivity index (χ3n) is 7.49. The highest BCUT2D eigenvalue weighted by atomic mass is 16.4. The molecule has 0 spiro atoms. The van der Waals surface area contributed by atoms with Crippen LogP contribution in [0, 0.1) is 11.8 Å². The average Bonchev–Trinajstić information content (AvgIpc) is 3.07. The Labute approximate surface area is 307 Å². The smallest absolute Gasteiger partial charge is 0.328 e. The van der Waals surface area contributed by atoms with Crippen molar-refractivity contribution in [2.45, 2.75) is 103 Å². The lowest BCUT2D eigenvalue weighted by Crippen LogP contribution is -2.61. The Balaban J connectivity index is 5.75. The van der Waals surface area contributed by atoms with Gasteiger partial charge in [-0.05, 0) is 44.9 Å². The van der Waals surface area contributed by atoms with Gasteiger partial charge in [-0.25, -0.2) is 4.79 Å². The number of amides is 7. The Hall–Kier alpha value is -5.09. The number of guanidine groups is 1. The van der Waals surface area contributed by atoms with Gasteiger partial charge >= 0.3 is 5.97 Å². The molecule has 0 saturated heterocycles. The molecule has 0 aliphatic rings. The van der Waals surface area contributed by atoms with Crippen LogP contribution in [0.15, 0.2) is 4.99 Å². The lowest BCUT2D eigenvalue weighted by Gasteiger charge is -2.28. The van der Waals surface area contributed by atoms with Gasteiger partial charge in [0.1, 0.15) is 42.3 Å². The fourth-order valence-electron chi connectivity index (χ4n) is 4.52. The summed E-state index contributed by atoms with van der Waals surface area (Å²) in [6.07, 6.45) is 0.325. The van der Waals surface area contributed by atoms with Crippen LogP contribution in [0.5, 0.6) is 0 Å². The van der Waals surface area contributed by atoms with Gasteiger partial charge in [-0.1, -0.05) is 27.7 Å². The normalized spacial score (nSPS) is 14.9. The summed E-state index contributed by atoms with van der Waals surface area (Å²) in [6, 6.07) is -9.34. The number of aliphatic carboxylic acids is 1. The Morgan fingerprint density at radius 3 is 1.55 bits per heavy atom. The molecule has 0 fully saturated rings. The Morgan fingerprint density at radius 2 is 1.08 bits per heavy atom. The number of aliphatic imine (C=N–C) groups is 1. The van der Waals surface area contributed by atoms with Crippen LogP contribution in [0.25, 0.3) is 0 Å². The predicted molar refractivity (Wildman–Crippen MR) is 190 cm³/mol. The summed E-state index contributed by atoms with van der Waals surface area (Å²) >= 11 is 0. The molecule has 0 aromatic heterocycles. The van der Waals surface area contributed by atoms with Crippen LogP contribution in [0.3, 0.4) is 0 Å². The number of nitrogens with two attached hydrogens (primary N) is 3. The number of hydrogen-bond acceptors (Lipinski definition) is 12. The molecular weight excluding hydrogens is 702 g/mol. The Bertz CT molecular complexity index is 1310. The molecule has 302 valence electrons. The second kappa shape index (κ2) is 24.2. The number of aliphatic hydroxyl groups is 2. The first kappa shape index (κ1) is 47.9. The van der Waals surface area contributed by atoms with E-state index < -0.39 is 109 Å². The van der Waals surface area contributed by atoms with Crippen molar-refractivity contribution < 1.29 is 53.7 Å². The summed E-state index contributed by atoms with van der Waals surface area (Å²) in [5.74, 6) is -8.13. The Kier molecular flexibility index (Phi) is 21.9. The van der Waals surface area contributed by atoms with Crippen molar-refractivity contribution in [3.63, 3.8) is 0 Å². The topological polar surface area (TPSA) is 372 Å². The largest absolute Gasteiger partial charge is 0.480 e. The average molecular weight is 760 g/mol. The molecule has 7 atom stereocenters. The molecule has 22 heteroatoms. The van der Waals surface area contributed by atoms with Crippen molar-refractivity contribution in [3.8, 4) is 0 Å². The molecule has 7 unspecified atom stereocenters. The van der Waals surface area contributed by atoms with Crippen molar-refractivity contribution >= 4 is 53.3 Å². The monoisotopic (exact) mass is 759 g/mol. The second-order valence-corrected chi connectivity index (χ2v) is 13.0. The third kappa shape index (κ3) is 18.3. The zero-order valence-corrected chi connectivity index (χ0v) is 30.9. The second-order valence-electron chi connectivity index (χ2n) is 13.0. The molecule has 0 radical (unpaired) electrons. The van der Waals surface area contributed by atoms with Gasteiger partial charge in [0.25, 0.3) is 0 Å². The summed E-state index contributed by atoms with van der Waals surface area (Å²) in [7, 11) is 0. The van der Waals surface area contributed by atoms with E-state index in [4.69, 9.17) is 17.2 Å². The van der Waals surface area contributed by atoms with E-state index in [0.717, 1.165) is 0 Å². The zero-order valence-electron chi connectivity index (χ0n) is 30.9. The highest BCUT2D eigenvalue weighted by Crippen LogP contribution is 2.09. The number of carboxylic acid groups (broad SMARTS) is 1. The highest BCUT2D eigenvalue weighted by Gasteiger charge is 2.34. The first-order valence-electron chi connectivity index (χ1n) is 17.0. The minimum atomic E-state index is -1.62. The number of hydrogen-bond donors (Lipinski definition) is 13. The predicted octanol–water partition coefficient (Wildman–Crippen LogP) is -5.80. The number of carboxylic acids is 1. The Morgan fingerprint density at radius 1 is 0.604 bits per heavy atom. The quantitative estimate of drug-likeness (QED) is 0.0248. The first-order chi connectivity index (χ1) is 24.7. The van der Waals surface area contributed by atoms with Gasteiger partial charge in [-0.2, -0.15) is 0 Å². The van der Waals surface area contributed by atoms with Crippen molar-refractivity contribution in [1.29, 1.82) is 0 Å². The van der Waals surface area contributed by atoms with E-state index in [1.807, 2.05) is 0 Å². The van der Waals surface area contributed by atoms with Crippen LogP contribution in [0.4, 0.5) is 0 Å². The fraction of sp³-hybridized carbons (Fsp3) is 0.710. The number of rotatable bonds is 24. The van der Waals surface area contributed by atoms with Crippen LogP contribution >= 0.6 is 0 Å². The van der Waals surface area contributed by atoms with Gasteiger partial charge in [0.05, 0.1) is 19.8 Å². The molecule has 0 bridgehead atoms. The van der Waals surface area contributed by atoms with Crippen LogP contribution < -0.4 is 54.4 Å². The van der Waals surface area contributed by atoms with Crippen LogP contribution in [0.2, 0.25) is 0 Å². The van der Waals surface area contributed by atoms with Gasteiger partial charge < -0.3 is 69.7 Å². The molecule has 16 N–H and O–H groups in total. The molecule has 0 aliphatic carbocycles. The minimum Gasteiger partial charge on any atom is -0.480 e. The summed E-state index contributed by atoms with van der Waals surface area (Å²) in [5.41, 5.74) is 15.9. The maximum atomic E-state index is 13.3. The molecule has 0 heterocycles. The zero-order chi connectivity index (χ0) is 41.0. The maximum Gasteiger partial charge on any atom is 0.328 e. The maximum absolute atomic E-state index is 13.3. The standard InChI is InChI=1S/C31H57N11O11/c1-14(2)10-19(27(49)41-21(13-44)30(52)53)39-29(51)23(15(3)4)42-28(50)20(12-43)40-25(47)17(6)37-26(48)18(8-7-9-35-31(33)34)38-24(46)16(5)36-22(45)11-32/h14-21,23,43-44H,7-13,32H2,1-6H3,(H,36,45)(H,37,48)(H,38,46)(H,39,51)(H,40,47)(H,41,49)(H,42,50)(H,52,53)(H4,33,34,35). The molecule has 0 aromatic rings. The van der Waals surface area contributed by atoms with Gasteiger partial charge in [0.2, 0.25) is 41.4 Å².